The summed E-state index contributed by atoms with van der Waals surface area (Å²) in [5.74, 6) is 0. The number of aromatic nitrogens is 1. The van der Waals surface area contributed by atoms with Crippen molar-refractivity contribution in [2.45, 2.75) is 13.0 Å². The van der Waals surface area contributed by atoms with Gasteiger partial charge in [-0.3, -0.25) is 0 Å². The van der Waals surface area contributed by atoms with Crippen LogP contribution in [0.25, 0.3) is 0 Å². The lowest BCUT2D eigenvalue weighted by Gasteiger charge is -2.07. The highest BCUT2D eigenvalue weighted by atomic mass is 35.5. The quantitative estimate of drug-likeness (QED) is 0.773. The van der Waals surface area contributed by atoms with Crippen LogP contribution < -0.4 is 0 Å². The van der Waals surface area contributed by atoms with Gasteiger partial charge < -0.3 is 5.11 Å². The number of pyridine rings is 1. The van der Waals surface area contributed by atoms with E-state index in [1.54, 1.807) is 6.07 Å². The zero-order valence-electron chi connectivity index (χ0n) is 6.84. The maximum absolute atomic E-state index is 12.3. The van der Waals surface area contributed by atoms with Gasteiger partial charge in [0.25, 0.3) is 6.43 Å². The molecule has 74 valence electrons. The standard InChI is InChI=1S/C8H5ClF2N2O/c9-7-6(3-14)4(1-12)5(2-13-7)8(10)11/h2,8,14H,3H2. The molecule has 0 amide bonds. The SMILES string of the molecule is N#Cc1c(C(F)F)cnc(Cl)c1CO. The molecular formula is C8H5ClF2N2O. The van der Waals surface area contributed by atoms with Crippen molar-refractivity contribution in [1.82, 2.24) is 4.98 Å². The molecule has 0 saturated heterocycles. The summed E-state index contributed by atoms with van der Waals surface area (Å²) in [6, 6.07) is 1.57. The number of aliphatic hydroxyl groups is 1. The van der Waals surface area contributed by atoms with Gasteiger partial charge in [-0.1, -0.05) is 11.6 Å². The number of rotatable bonds is 2. The molecule has 0 spiro atoms. The fourth-order valence-corrected chi connectivity index (χ4v) is 1.19. The molecule has 0 atom stereocenters. The van der Waals surface area contributed by atoms with Crippen molar-refractivity contribution in [2.24, 2.45) is 0 Å². The second kappa shape index (κ2) is 4.31. The molecule has 0 unspecified atom stereocenters. The zero-order chi connectivity index (χ0) is 10.7. The van der Waals surface area contributed by atoms with Crippen molar-refractivity contribution in [3.05, 3.63) is 28.0 Å². The summed E-state index contributed by atoms with van der Waals surface area (Å²) >= 11 is 5.52. The molecule has 0 fully saturated rings. The summed E-state index contributed by atoms with van der Waals surface area (Å²) in [6.07, 6.45) is -1.97. The third-order valence-corrected chi connectivity index (χ3v) is 1.99. The van der Waals surface area contributed by atoms with Crippen molar-refractivity contribution in [2.75, 3.05) is 0 Å². The number of halogens is 3. The minimum atomic E-state index is -2.81. The van der Waals surface area contributed by atoms with Gasteiger partial charge in [-0.25, -0.2) is 13.8 Å². The molecule has 0 aliphatic carbocycles. The maximum atomic E-state index is 12.3. The predicted molar refractivity (Wildman–Crippen MR) is 44.8 cm³/mol. The van der Waals surface area contributed by atoms with Gasteiger partial charge in [-0.2, -0.15) is 5.26 Å². The van der Waals surface area contributed by atoms with Crippen LogP contribution in [0.1, 0.15) is 23.1 Å². The lowest BCUT2D eigenvalue weighted by Crippen LogP contribution is -2.00. The average Bonchev–Trinajstić information content (AvgIpc) is 2.16. The Morgan fingerprint density at radius 1 is 1.64 bits per heavy atom. The molecule has 0 radical (unpaired) electrons. The van der Waals surface area contributed by atoms with Crippen LogP contribution in [0.3, 0.4) is 0 Å². The molecule has 0 aliphatic heterocycles. The highest BCUT2D eigenvalue weighted by Gasteiger charge is 2.18. The van der Waals surface area contributed by atoms with Crippen LogP contribution >= 0.6 is 11.6 Å². The molecule has 0 saturated carbocycles. The number of alkyl halides is 2. The Bertz CT molecular complexity index is 390. The highest BCUT2D eigenvalue weighted by molar-refractivity contribution is 6.30. The molecule has 0 aromatic carbocycles. The summed E-state index contributed by atoms with van der Waals surface area (Å²) < 4.78 is 24.7. The van der Waals surface area contributed by atoms with Gasteiger partial charge in [-0.05, 0) is 0 Å². The van der Waals surface area contributed by atoms with E-state index in [1.807, 2.05) is 0 Å². The van der Waals surface area contributed by atoms with Crippen LogP contribution in [0.5, 0.6) is 0 Å². The molecule has 1 aromatic heterocycles. The first kappa shape index (κ1) is 10.8. The van der Waals surface area contributed by atoms with E-state index in [1.165, 1.54) is 0 Å². The minimum Gasteiger partial charge on any atom is -0.392 e. The first-order chi connectivity index (χ1) is 6.61. The lowest BCUT2D eigenvalue weighted by molar-refractivity contribution is 0.150. The molecule has 3 nitrogen and oxygen atoms in total. The van der Waals surface area contributed by atoms with E-state index < -0.39 is 18.6 Å². The van der Waals surface area contributed by atoms with Gasteiger partial charge in [-0.15, -0.1) is 0 Å². The van der Waals surface area contributed by atoms with Gasteiger partial charge in [0.15, 0.2) is 0 Å². The van der Waals surface area contributed by atoms with Crippen molar-refractivity contribution in [3.63, 3.8) is 0 Å². The fraction of sp³-hybridized carbons (Fsp3) is 0.250. The molecule has 14 heavy (non-hydrogen) atoms. The Morgan fingerprint density at radius 2 is 2.29 bits per heavy atom. The van der Waals surface area contributed by atoms with Crippen molar-refractivity contribution in [3.8, 4) is 6.07 Å². The number of aliphatic hydroxyl groups excluding tert-OH is 1. The van der Waals surface area contributed by atoms with Gasteiger partial charge in [0.2, 0.25) is 0 Å². The smallest absolute Gasteiger partial charge is 0.266 e. The summed E-state index contributed by atoms with van der Waals surface area (Å²) in [6.45, 7) is -0.588. The molecule has 1 N–H and O–H groups in total. The van der Waals surface area contributed by atoms with Gasteiger partial charge in [0, 0.05) is 11.8 Å². The maximum Gasteiger partial charge on any atom is 0.266 e. The number of hydrogen-bond acceptors (Lipinski definition) is 3. The fourth-order valence-electron chi connectivity index (χ4n) is 0.988. The minimum absolute atomic E-state index is 0.0630. The van der Waals surface area contributed by atoms with E-state index >= 15 is 0 Å². The lowest BCUT2D eigenvalue weighted by atomic mass is 10.1. The molecule has 6 heteroatoms. The second-order valence-corrected chi connectivity index (χ2v) is 2.79. The van der Waals surface area contributed by atoms with Gasteiger partial charge in [0.1, 0.15) is 11.2 Å². The van der Waals surface area contributed by atoms with E-state index in [-0.39, 0.29) is 16.3 Å². The molecule has 1 heterocycles. The third-order valence-electron chi connectivity index (χ3n) is 1.66. The van der Waals surface area contributed by atoms with E-state index in [4.69, 9.17) is 22.0 Å². The molecule has 1 rings (SSSR count). The Kier molecular flexibility index (Phi) is 3.33. The van der Waals surface area contributed by atoms with Gasteiger partial charge in [0.05, 0.1) is 17.7 Å². The number of nitrogens with zero attached hydrogens (tertiary/aromatic N) is 2. The number of nitriles is 1. The normalized spacial score (nSPS) is 10.3. The summed E-state index contributed by atoms with van der Waals surface area (Å²) in [5, 5.41) is 17.3. The first-order valence-electron chi connectivity index (χ1n) is 3.58. The van der Waals surface area contributed by atoms with Crippen LogP contribution in [-0.4, -0.2) is 10.1 Å². The monoisotopic (exact) mass is 218 g/mol. The van der Waals surface area contributed by atoms with Crippen LogP contribution in [-0.2, 0) is 6.61 Å². The van der Waals surface area contributed by atoms with E-state index in [0.29, 0.717) is 0 Å². The summed E-state index contributed by atoms with van der Waals surface area (Å²) in [7, 11) is 0. The second-order valence-electron chi connectivity index (χ2n) is 2.43. The first-order valence-corrected chi connectivity index (χ1v) is 3.96. The molecular weight excluding hydrogens is 214 g/mol. The van der Waals surface area contributed by atoms with Crippen LogP contribution in [0, 0.1) is 11.3 Å². The molecule has 0 bridgehead atoms. The Hall–Kier alpha value is -1.25. The molecule has 0 aliphatic rings. The Labute approximate surface area is 83.6 Å². The largest absolute Gasteiger partial charge is 0.392 e. The molecule has 1 aromatic rings. The van der Waals surface area contributed by atoms with Crippen LogP contribution in [0.15, 0.2) is 6.20 Å². The third kappa shape index (κ3) is 1.81. The van der Waals surface area contributed by atoms with Crippen molar-refractivity contribution < 1.29 is 13.9 Å². The van der Waals surface area contributed by atoms with Crippen LogP contribution in [0.2, 0.25) is 5.15 Å². The predicted octanol–water partition coefficient (Wildman–Crippen LogP) is 2.04. The van der Waals surface area contributed by atoms with Crippen LogP contribution in [0.4, 0.5) is 8.78 Å². The average molecular weight is 219 g/mol. The van der Waals surface area contributed by atoms with E-state index in [2.05, 4.69) is 4.98 Å². The topological polar surface area (TPSA) is 56.9 Å². The summed E-state index contributed by atoms with van der Waals surface area (Å²) in [4.78, 5) is 3.45. The highest BCUT2D eigenvalue weighted by Crippen LogP contribution is 2.27. The summed E-state index contributed by atoms with van der Waals surface area (Å²) in [5.41, 5.74) is -0.879. The van der Waals surface area contributed by atoms with Crippen molar-refractivity contribution >= 4 is 11.6 Å². The number of hydrogen-bond donors (Lipinski definition) is 1. The Balaban J connectivity index is 3.43. The van der Waals surface area contributed by atoms with Crippen molar-refractivity contribution in [1.29, 1.82) is 5.26 Å². The van der Waals surface area contributed by atoms with Gasteiger partial charge >= 0.3 is 0 Å². The van der Waals surface area contributed by atoms with E-state index in [9.17, 15) is 8.78 Å². The van der Waals surface area contributed by atoms with E-state index in [0.717, 1.165) is 6.20 Å². The Morgan fingerprint density at radius 3 is 2.71 bits per heavy atom. The zero-order valence-corrected chi connectivity index (χ0v) is 7.59.